The predicted octanol–water partition coefficient (Wildman–Crippen LogP) is 1.94. The summed E-state index contributed by atoms with van der Waals surface area (Å²) in [5.41, 5.74) is 1.53. The summed E-state index contributed by atoms with van der Waals surface area (Å²) in [6.07, 6.45) is 1.66. The Bertz CT molecular complexity index is 539. The number of nitrogens with zero attached hydrogens (tertiary/aromatic N) is 2. The molecule has 0 aromatic carbocycles. The van der Waals surface area contributed by atoms with E-state index in [2.05, 4.69) is 26.0 Å². The minimum atomic E-state index is -0.0534. The second kappa shape index (κ2) is 3.66. The molecule has 0 radical (unpaired) electrons. The first-order chi connectivity index (χ1) is 7.09. The van der Waals surface area contributed by atoms with Gasteiger partial charge in [-0.1, -0.05) is 0 Å². The van der Waals surface area contributed by atoms with Gasteiger partial charge in [-0.3, -0.25) is 9.89 Å². The fourth-order valence-corrected chi connectivity index (χ4v) is 1.53. The molecular weight excluding hydrogens is 258 g/mol. The molecule has 0 saturated carbocycles. The van der Waals surface area contributed by atoms with Crippen molar-refractivity contribution in [2.45, 2.75) is 13.8 Å². The van der Waals surface area contributed by atoms with E-state index >= 15 is 0 Å². The summed E-state index contributed by atoms with van der Waals surface area (Å²) >= 11 is 3.30. The van der Waals surface area contributed by atoms with Gasteiger partial charge in [0.1, 0.15) is 0 Å². The lowest BCUT2D eigenvalue weighted by atomic mass is 10.3. The van der Waals surface area contributed by atoms with E-state index in [4.69, 9.17) is 0 Å². The monoisotopic (exact) mass is 267 g/mol. The van der Waals surface area contributed by atoms with Crippen molar-refractivity contribution >= 4 is 15.9 Å². The van der Waals surface area contributed by atoms with Gasteiger partial charge in [-0.15, -0.1) is 0 Å². The quantitative estimate of drug-likeness (QED) is 0.859. The molecule has 0 fully saturated rings. The summed E-state index contributed by atoms with van der Waals surface area (Å²) < 4.78 is 2.33. The molecule has 2 heterocycles. The number of hydrogen-bond acceptors (Lipinski definition) is 2. The van der Waals surface area contributed by atoms with E-state index < -0.39 is 0 Å². The van der Waals surface area contributed by atoms with Crippen LogP contribution < -0.4 is 5.56 Å². The van der Waals surface area contributed by atoms with E-state index in [1.807, 2.05) is 13.0 Å². The first kappa shape index (κ1) is 10.2. The molecule has 0 amide bonds. The van der Waals surface area contributed by atoms with Gasteiger partial charge in [0.25, 0.3) is 5.56 Å². The number of aryl methyl sites for hydroxylation is 1. The average Bonchev–Trinajstić information content (AvgIpc) is 2.47. The molecule has 0 spiro atoms. The minimum Gasteiger partial charge on any atom is -0.294 e. The second-order valence-corrected chi connectivity index (χ2v) is 4.25. The van der Waals surface area contributed by atoms with Gasteiger partial charge in [-0.25, -0.2) is 9.67 Å². The topological polar surface area (TPSA) is 50.7 Å². The van der Waals surface area contributed by atoms with Crippen molar-refractivity contribution < 1.29 is 0 Å². The Labute approximate surface area is 95.1 Å². The average molecular weight is 268 g/mol. The Balaban J connectivity index is 2.59. The lowest BCUT2D eigenvalue weighted by molar-refractivity contribution is 0.806. The summed E-state index contributed by atoms with van der Waals surface area (Å²) in [6, 6.07) is 3.63. The molecule has 78 valence electrons. The fraction of sp³-hybridized carbons (Fsp3) is 0.200. The number of hydrogen-bond donors (Lipinski definition) is 1. The molecule has 2 aromatic rings. The molecular formula is C10H10BrN3O. The number of halogens is 1. The van der Waals surface area contributed by atoms with Crippen LogP contribution in [0.4, 0.5) is 0 Å². The molecule has 1 N–H and O–H groups in total. The standard InChI is InChI=1S/C10H10BrN3O/c1-6-7(2)13-14(10(6)15)9-4-3-8(11)5-12-9/h3-5,13H,1-2H3. The summed E-state index contributed by atoms with van der Waals surface area (Å²) in [7, 11) is 0. The predicted molar refractivity (Wildman–Crippen MR) is 61.4 cm³/mol. The van der Waals surface area contributed by atoms with Crippen LogP contribution in [0, 0.1) is 13.8 Å². The van der Waals surface area contributed by atoms with Gasteiger partial charge in [0.05, 0.1) is 0 Å². The van der Waals surface area contributed by atoms with Crippen LogP contribution >= 0.6 is 15.9 Å². The zero-order valence-electron chi connectivity index (χ0n) is 8.41. The number of nitrogens with one attached hydrogen (secondary N) is 1. The number of pyridine rings is 1. The lowest BCUT2D eigenvalue weighted by Gasteiger charge is -1.99. The molecule has 0 unspecified atom stereocenters. The number of aromatic amines is 1. The molecule has 5 heteroatoms. The van der Waals surface area contributed by atoms with Crippen molar-refractivity contribution in [1.82, 2.24) is 14.8 Å². The number of H-pyrrole nitrogens is 1. The van der Waals surface area contributed by atoms with Gasteiger partial charge < -0.3 is 0 Å². The number of rotatable bonds is 1. The zero-order chi connectivity index (χ0) is 11.0. The van der Waals surface area contributed by atoms with Gasteiger partial charge in [0.2, 0.25) is 0 Å². The first-order valence-corrected chi connectivity index (χ1v) is 5.29. The highest BCUT2D eigenvalue weighted by atomic mass is 79.9. The van der Waals surface area contributed by atoms with Gasteiger partial charge in [0.15, 0.2) is 5.82 Å². The third kappa shape index (κ3) is 1.74. The van der Waals surface area contributed by atoms with Crippen molar-refractivity contribution in [3.8, 4) is 5.82 Å². The van der Waals surface area contributed by atoms with Crippen molar-refractivity contribution in [3.63, 3.8) is 0 Å². The van der Waals surface area contributed by atoms with E-state index in [9.17, 15) is 4.79 Å². The first-order valence-electron chi connectivity index (χ1n) is 4.50. The van der Waals surface area contributed by atoms with Crippen LogP contribution in [0.25, 0.3) is 5.82 Å². The van der Waals surface area contributed by atoms with Gasteiger partial charge >= 0.3 is 0 Å². The maximum Gasteiger partial charge on any atom is 0.275 e. The van der Waals surface area contributed by atoms with Crippen LogP contribution in [0.3, 0.4) is 0 Å². The Morgan fingerprint density at radius 1 is 1.40 bits per heavy atom. The Morgan fingerprint density at radius 3 is 2.60 bits per heavy atom. The maximum absolute atomic E-state index is 11.8. The molecule has 2 aromatic heterocycles. The highest BCUT2D eigenvalue weighted by molar-refractivity contribution is 9.10. The molecule has 0 aliphatic carbocycles. The third-order valence-electron chi connectivity index (χ3n) is 2.31. The van der Waals surface area contributed by atoms with Crippen molar-refractivity contribution in [2.75, 3.05) is 0 Å². The summed E-state index contributed by atoms with van der Waals surface area (Å²) in [6.45, 7) is 3.66. The van der Waals surface area contributed by atoms with Crippen LogP contribution in [-0.4, -0.2) is 14.8 Å². The zero-order valence-corrected chi connectivity index (χ0v) is 10.00. The van der Waals surface area contributed by atoms with Crippen LogP contribution in [0.15, 0.2) is 27.6 Å². The summed E-state index contributed by atoms with van der Waals surface area (Å²) in [4.78, 5) is 15.9. The van der Waals surface area contributed by atoms with E-state index in [0.29, 0.717) is 5.82 Å². The lowest BCUT2D eigenvalue weighted by Crippen LogP contribution is -2.16. The van der Waals surface area contributed by atoms with Gasteiger partial charge in [-0.05, 0) is 41.9 Å². The second-order valence-electron chi connectivity index (χ2n) is 3.34. The smallest absolute Gasteiger partial charge is 0.275 e. The number of aromatic nitrogens is 3. The highest BCUT2D eigenvalue weighted by Crippen LogP contribution is 2.09. The SMILES string of the molecule is Cc1[nH]n(-c2ccc(Br)cn2)c(=O)c1C. The molecule has 0 atom stereocenters. The van der Waals surface area contributed by atoms with Crippen molar-refractivity contribution in [1.29, 1.82) is 0 Å². The van der Waals surface area contributed by atoms with Crippen LogP contribution in [0.5, 0.6) is 0 Å². The minimum absolute atomic E-state index is 0.0534. The highest BCUT2D eigenvalue weighted by Gasteiger charge is 2.08. The Morgan fingerprint density at radius 2 is 2.13 bits per heavy atom. The van der Waals surface area contributed by atoms with Crippen LogP contribution in [0.1, 0.15) is 11.3 Å². The summed E-state index contributed by atoms with van der Waals surface area (Å²) in [5, 5.41) is 2.97. The summed E-state index contributed by atoms with van der Waals surface area (Å²) in [5.74, 6) is 0.597. The molecule has 0 aliphatic rings. The van der Waals surface area contributed by atoms with E-state index in [0.717, 1.165) is 15.7 Å². The maximum atomic E-state index is 11.8. The Kier molecular flexibility index (Phi) is 2.48. The van der Waals surface area contributed by atoms with Crippen molar-refractivity contribution in [3.05, 3.63) is 44.4 Å². The molecule has 2 rings (SSSR count). The molecule has 4 nitrogen and oxygen atoms in total. The van der Waals surface area contributed by atoms with E-state index in [1.54, 1.807) is 19.2 Å². The fourth-order valence-electron chi connectivity index (χ4n) is 1.29. The molecule has 0 saturated heterocycles. The van der Waals surface area contributed by atoms with Crippen molar-refractivity contribution in [2.24, 2.45) is 0 Å². The molecule has 0 aliphatic heterocycles. The van der Waals surface area contributed by atoms with E-state index in [-0.39, 0.29) is 5.56 Å². The molecule has 15 heavy (non-hydrogen) atoms. The van der Waals surface area contributed by atoms with Crippen LogP contribution in [0.2, 0.25) is 0 Å². The van der Waals surface area contributed by atoms with Crippen LogP contribution in [-0.2, 0) is 0 Å². The third-order valence-corrected chi connectivity index (χ3v) is 2.78. The van der Waals surface area contributed by atoms with Gasteiger partial charge in [0, 0.05) is 21.9 Å². The van der Waals surface area contributed by atoms with Gasteiger partial charge in [-0.2, -0.15) is 0 Å². The van der Waals surface area contributed by atoms with E-state index in [1.165, 1.54) is 4.68 Å². The normalized spacial score (nSPS) is 10.6. The largest absolute Gasteiger partial charge is 0.294 e. The molecule has 0 bridgehead atoms. The Hall–Kier alpha value is -1.36.